The first kappa shape index (κ1) is 17.2. The maximum atomic E-state index is 11.4. The van der Waals surface area contributed by atoms with Crippen LogP contribution in [-0.4, -0.2) is 30.5 Å². The number of rotatable bonds is 3. The fourth-order valence-corrected chi connectivity index (χ4v) is 4.78. The van der Waals surface area contributed by atoms with Crippen LogP contribution in [0.3, 0.4) is 0 Å². The van der Waals surface area contributed by atoms with Crippen molar-refractivity contribution in [2.75, 3.05) is 13.7 Å². The molecule has 0 amide bonds. The first-order valence-electron chi connectivity index (χ1n) is 8.72. The van der Waals surface area contributed by atoms with Crippen molar-refractivity contribution in [3.8, 4) is 0 Å². The van der Waals surface area contributed by atoms with Crippen molar-refractivity contribution in [2.45, 2.75) is 83.8 Å². The average Bonchev–Trinajstić information content (AvgIpc) is 2.46. The molecule has 2 fully saturated rings. The third-order valence-corrected chi connectivity index (χ3v) is 6.56. The number of hydrogen-bond donors (Lipinski definition) is 2. The second-order valence-corrected chi connectivity index (χ2v) is 8.61. The van der Waals surface area contributed by atoms with Crippen LogP contribution >= 0.6 is 0 Å². The highest BCUT2D eigenvalue weighted by Gasteiger charge is 2.53. The van der Waals surface area contributed by atoms with E-state index >= 15 is 0 Å². The van der Waals surface area contributed by atoms with Crippen molar-refractivity contribution in [3.63, 3.8) is 0 Å². The zero-order chi connectivity index (χ0) is 15.7. The fourth-order valence-electron chi connectivity index (χ4n) is 4.78. The van der Waals surface area contributed by atoms with Gasteiger partial charge in [-0.1, -0.05) is 20.8 Å². The van der Waals surface area contributed by atoms with Gasteiger partial charge in [-0.15, -0.1) is 0 Å². The molecule has 2 rings (SSSR count). The van der Waals surface area contributed by atoms with Crippen molar-refractivity contribution in [3.05, 3.63) is 0 Å². The van der Waals surface area contributed by atoms with Crippen LogP contribution in [-0.2, 0) is 4.74 Å². The van der Waals surface area contributed by atoms with Gasteiger partial charge in [-0.25, -0.2) is 0 Å². The molecule has 0 saturated heterocycles. The summed E-state index contributed by atoms with van der Waals surface area (Å²) >= 11 is 0. The summed E-state index contributed by atoms with van der Waals surface area (Å²) in [5.41, 5.74) is 5.85. The van der Waals surface area contributed by atoms with Gasteiger partial charge in [0.2, 0.25) is 0 Å². The van der Waals surface area contributed by atoms with Crippen LogP contribution in [0.2, 0.25) is 0 Å². The van der Waals surface area contributed by atoms with Crippen molar-refractivity contribution >= 4 is 0 Å². The average molecular weight is 297 g/mol. The van der Waals surface area contributed by atoms with E-state index in [1.807, 2.05) is 0 Å². The lowest BCUT2D eigenvalue weighted by molar-refractivity contribution is -0.155. The van der Waals surface area contributed by atoms with Crippen molar-refractivity contribution in [1.29, 1.82) is 0 Å². The smallest absolute Gasteiger partial charge is 0.0740 e. The quantitative estimate of drug-likeness (QED) is 0.838. The molecule has 0 aromatic rings. The first-order valence-corrected chi connectivity index (χ1v) is 8.72. The predicted molar refractivity (Wildman–Crippen MR) is 87.1 cm³/mol. The Morgan fingerprint density at radius 1 is 1.14 bits per heavy atom. The van der Waals surface area contributed by atoms with Gasteiger partial charge < -0.3 is 15.6 Å². The third kappa shape index (κ3) is 3.30. The summed E-state index contributed by atoms with van der Waals surface area (Å²) in [4.78, 5) is 0. The topological polar surface area (TPSA) is 55.5 Å². The monoisotopic (exact) mass is 297 g/mol. The van der Waals surface area contributed by atoms with Gasteiger partial charge in [0.1, 0.15) is 0 Å². The Morgan fingerprint density at radius 2 is 1.76 bits per heavy atom. The van der Waals surface area contributed by atoms with Gasteiger partial charge in [0, 0.05) is 25.5 Å². The molecule has 0 aromatic heterocycles. The lowest BCUT2D eigenvalue weighted by Gasteiger charge is -2.54. The molecular formula is C18H35NO2. The van der Waals surface area contributed by atoms with Crippen LogP contribution in [0.1, 0.15) is 72.1 Å². The minimum Gasteiger partial charge on any atom is -0.389 e. The van der Waals surface area contributed by atoms with E-state index in [1.54, 1.807) is 7.11 Å². The molecule has 21 heavy (non-hydrogen) atoms. The molecule has 2 aliphatic rings. The molecule has 3 heteroatoms. The molecular weight excluding hydrogens is 262 g/mol. The van der Waals surface area contributed by atoms with Crippen molar-refractivity contribution in [1.82, 2.24) is 0 Å². The second-order valence-electron chi connectivity index (χ2n) is 8.61. The molecule has 0 aliphatic heterocycles. The fraction of sp³-hybridized carbons (Fsp3) is 1.00. The third-order valence-electron chi connectivity index (χ3n) is 6.56. The molecule has 0 radical (unpaired) electrons. The van der Waals surface area contributed by atoms with Crippen molar-refractivity contribution in [2.24, 2.45) is 22.5 Å². The van der Waals surface area contributed by atoms with E-state index in [0.717, 1.165) is 44.4 Å². The van der Waals surface area contributed by atoms with Crippen LogP contribution < -0.4 is 5.73 Å². The van der Waals surface area contributed by atoms with Gasteiger partial charge in [-0.3, -0.25) is 0 Å². The predicted octanol–water partition coefficient (Wildman–Crippen LogP) is 3.49. The molecule has 2 unspecified atom stereocenters. The summed E-state index contributed by atoms with van der Waals surface area (Å²) < 4.78 is 5.54. The molecule has 0 aromatic carbocycles. The van der Waals surface area contributed by atoms with Gasteiger partial charge in [-0.05, 0) is 56.3 Å². The van der Waals surface area contributed by atoms with E-state index in [4.69, 9.17) is 10.5 Å². The number of ether oxygens (including phenoxy) is 1. The van der Waals surface area contributed by atoms with Gasteiger partial charge in [0.15, 0.2) is 0 Å². The SMILES string of the molecule is COC1CCCC(O)(C2(CN)CCC(C(C)(C)C)CC2)C1. The van der Waals surface area contributed by atoms with E-state index in [1.165, 1.54) is 12.8 Å². The molecule has 0 bridgehead atoms. The molecule has 124 valence electrons. The van der Waals surface area contributed by atoms with Crippen LogP contribution in [0, 0.1) is 16.7 Å². The lowest BCUT2D eigenvalue weighted by Crippen LogP contribution is -2.57. The Hall–Kier alpha value is -0.120. The molecule has 0 spiro atoms. The molecule has 3 nitrogen and oxygen atoms in total. The molecule has 3 N–H and O–H groups in total. The van der Waals surface area contributed by atoms with Crippen LogP contribution in [0.15, 0.2) is 0 Å². The first-order chi connectivity index (χ1) is 9.76. The van der Waals surface area contributed by atoms with Crippen molar-refractivity contribution < 1.29 is 9.84 Å². The number of aliphatic hydroxyl groups is 1. The number of nitrogens with two attached hydrogens (primary N) is 1. The summed E-state index contributed by atoms with van der Waals surface area (Å²) in [6, 6.07) is 0. The van der Waals surface area contributed by atoms with Crippen LogP contribution in [0.4, 0.5) is 0 Å². The zero-order valence-corrected chi connectivity index (χ0v) is 14.5. The van der Waals surface area contributed by atoms with Crippen LogP contribution in [0.5, 0.6) is 0 Å². The standard InChI is InChI=1S/C18H35NO2/c1-16(2,3)14-7-10-17(13-19,11-8-14)18(20)9-5-6-15(12-18)21-4/h14-15,20H,5-13,19H2,1-4H3. The number of hydrogen-bond acceptors (Lipinski definition) is 3. The van der Waals surface area contributed by atoms with E-state index in [0.29, 0.717) is 12.0 Å². The molecule has 2 aliphatic carbocycles. The largest absolute Gasteiger partial charge is 0.389 e. The number of methoxy groups -OCH3 is 1. The molecule has 0 heterocycles. The van der Waals surface area contributed by atoms with Gasteiger partial charge in [0.25, 0.3) is 0 Å². The van der Waals surface area contributed by atoms with Gasteiger partial charge in [0.05, 0.1) is 11.7 Å². The molecule has 2 saturated carbocycles. The Kier molecular flexibility index (Phi) is 5.07. The Balaban J connectivity index is 2.12. The zero-order valence-electron chi connectivity index (χ0n) is 14.5. The lowest BCUT2D eigenvalue weighted by atomic mass is 9.55. The maximum Gasteiger partial charge on any atom is 0.0740 e. The Morgan fingerprint density at radius 3 is 2.24 bits per heavy atom. The van der Waals surface area contributed by atoms with E-state index in [2.05, 4.69) is 20.8 Å². The van der Waals surface area contributed by atoms with E-state index in [9.17, 15) is 5.11 Å². The minimum absolute atomic E-state index is 0.0913. The van der Waals surface area contributed by atoms with Gasteiger partial charge >= 0.3 is 0 Å². The minimum atomic E-state index is -0.621. The second kappa shape index (κ2) is 6.17. The summed E-state index contributed by atoms with van der Waals surface area (Å²) in [5.74, 6) is 0.752. The Bertz CT molecular complexity index is 342. The highest BCUT2D eigenvalue weighted by molar-refractivity contribution is 5.05. The van der Waals surface area contributed by atoms with Crippen LogP contribution in [0.25, 0.3) is 0 Å². The normalized spacial score (nSPS) is 42.0. The Labute approximate surface area is 130 Å². The highest BCUT2D eigenvalue weighted by atomic mass is 16.5. The van der Waals surface area contributed by atoms with E-state index < -0.39 is 5.60 Å². The summed E-state index contributed by atoms with van der Waals surface area (Å²) in [5, 5.41) is 11.4. The summed E-state index contributed by atoms with van der Waals surface area (Å²) in [7, 11) is 1.77. The summed E-state index contributed by atoms with van der Waals surface area (Å²) in [6.07, 6.45) is 8.51. The van der Waals surface area contributed by atoms with E-state index in [-0.39, 0.29) is 11.5 Å². The van der Waals surface area contributed by atoms with Gasteiger partial charge in [-0.2, -0.15) is 0 Å². The summed E-state index contributed by atoms with van der Waals surface area (Å²) in [6.45, 7) is 7.62. The molecule has 2 atom stereocenters. The maximum absolute atomic E-state index is 11.4. The highest BCUT2D eigenvalue weighted by Crippen LogP contribution is 2.54.